The van der Waals surface area contributed by atoms with Crippen molar-refractivity contribution in [2.45, 2.75) is 31.2 Å². The van der Waals surface area contributed by atoms with Crippen molar-refractivity contribution in [3.05, 3.63) is 16.1 Å². The average Bonchev–Trinajstić information content (AvgIpc) is 2.86. The molecular weight excluding hydrogens is 272 g/mol. The van der Waals surface area contributed by atoms with Crippen LogP contribution in [0.5, 0.6) is 0 Å². The van der Waals surface area contributed by atoms with Gasteiger partial charge in [0.15, 0.2) is 0 Å². The van der Waals surface area contributed by atoms with Gasteiger partial charge in [-0.2, -0.15) is 0 Å². The molecule has 0 radical (unpaired) electrons. The standard InChI is InChI=1S/C12H17ClN2O2S/c1-17-10-2-4-15(5-3-10)12(16)6-11-14-9(7-13)8-18-11/h8,10H,2-7H2,1H3. The number of thiazole rings is 1. The monoisotopic (exact) mass is 288 g/mol. The SMILES string of the molecule is COC1CCN(C(=O)Cc2nc(CCl)cs2)CC1. The van der Waals surface area contributed by atoms with E-state index < -0.39 is 0 Å². The Morgan fingerprint density at radius 3 is 2.89 bits per heavy atom. The summed E-state index contributed by atoms with van der Waals surface area (Å²) >= 11 is 7.20. The minimum atomic E-state index is 0.153. The van der Waals surface area contributed by atoms with Crippen molar-refractivity contribution < 1.29 is 9.53 Å². The molecule has 0 aliphatic carbocycles. The number of hydrogen-bond donors (Lipinski definition) is 0. The predicted octanol–water partition coefficient (Wildman–Crippen LogP) is 2.06. The lowest BCUT2D eigenvalue weighted by molar-refractivity contribution is -0.132. The van der Waals surface area contributed by atoms with Crippen LogP contribution in [0.3, 0.4) is 0 Å². The Balaban J connectivity index is 1.85. The first-order valence-corrected chi connectivity index (χ1v) is 7.44. The summed E-state index contributed by atoms with van der Waals surface area (Å²) in [7, 11) is 1.73. The highest BCUT2D eigenvalue weighted by atomic mass is 35.5. The fraction of sp³-hybridized carbons (Fsp3) is 0.667. The smallest absolute Gasteiger partial charge is 0.229 e. The van der Waals surface area contributed by atoms with Gasteiger partial charge in [0.25, 0.3) is 0 Å². The van der Waals surface area contributed by atoms with E-state index in [0.29, 0.717) is 18.4 Å². The van der Waals surface area contributed by atoms with Crippen LogP contribution in [0.4, 0.5) is 0 Å². The van der Waals surface area contributed by atoms with E-state index in [1.165, 1.54) is 11.3 Å². The number of piperidine rings is 1. The number of methoxy groups -OCH3 is 1. The third kappa shape index (κ3) is 3.43. The number of alkyl halides is 1. The molecule has 0 bridgehead atoms. The molecule has 0 atom stereocenters. The van der Waals surface area contributed by atoms with Crippen molar-refractivity contribution in [1.82, 2.24) is 9.88 Å². The van der Waals surface area contributed by atoms with Gasteiger partial charge in [0, 0.05) is 25.6 Å². The van der Waals surface area contributed by atoms with E-state index in [0.717, 1.165) is 36.6 Å². The van der Waals surface area contributed by atoms with E-state index in [1.807, 2.05) is 10.3 Å². The summed E-state index contributed by atoms with van der Waals surface area (Å²) in [5.74, 6) is 0.559. The summed E-state index contributed by atoms with van der Waals surface area (Å²) in [4.78, 5) is 18.3. The summed E-state index contributed by atoms with van der Waals surface area (Å²) in [5.41, 5.74) is 0.850. The Bertz CT molecular complexity index is 403. The van der Waals surface area contributed by atoms with Crippen molar-refractivity contribution in [2.24, 2.45) is 0 Å². The quantitative estimate of drug-likeness (QED) is 0.797. The Kier molecular flexibility index (Phi) is 4.97. The fourth-order valence-corrected chi connectivity index (χ4v) is 3.09. The fourth-order valence-electron chi connectivity index (χ4n) is 2.07. The molecule has 1 amide bonds. The first kappa shape index (κ1) is 13.8. The Morgan fingerprint density at radius 1 is 1.61 bits per heavy atom. The van der Waals surface area contributed by atoms with Gasteiger partial charge in [-0.25, -0.2) is 4.98 Å². The lowest BCUT2D eigenvalue weighted by Crippen LogP contribution is -2.41. The molecule has 1 aromatic rings. The van der Waals surface area contributed by atoms with Crippen LogP contribution >= 0.6 is 22.9 Å². The van der Waals surface area contributed by atoms with Gasteiger partial charge >= 0.3 is 0 Å². The van der Waals surface area contributed by atoms with Crippen LogP contribution in [0.2, 0.25) is 0 Å². The number of amides is 1. The molecule has 1 aromatic heterocycles. The van der Waals surface area contributed by atoms with Gasteiger partial charge in [0.05, 0.1) is 24.1 Å². The van der Waals surface area contributed by atoms with E-state index in [2.05, 4.69) is 4.98 Å². The lowest BCUT2D eigenvalue weighted by Gasteiger charge is -2.31. The first-order valence-electron chi connectivity index (χ1n) is 6.02. The zero-order valence-corrected chi connectivity index (χ0v) is 12.0. The second kappa shape index (κ2) is 6.50. The largest absolute Gasteiger partial charge is 0.381 e. The van der Waals surface area contributed by atoms with Gasteiger partial charge in [-0.15, -0.1) is 22.9 Å². The molecule has 100 valence electrons. The number of nitrogens with zero attached hydrogens (tertiary/aromatic N) is 2. The van der Waals surface area contributed by atoms with Gasteiger partial charge < -0.3 is 9.64 Å². The number of ether oxygens (including phenoxy) is 1. The first-order chi connectivity index (χ1) is 8.72. The highest BCUT2D eigenvalue weighted by molar-refractivity contribution is 7.09. The van der Waals surface area contributed by atoms with Gasteiger partial charge in [0.1, 0.15) is 5.01 Å². The summed E-state index contributed by atoms with van der Waals surface area (Å²) in [6.07, 6.45) is 2.54. The van der Waals surface area contributed by atoms with Gasteiger partial charge in [0.2, 0.25) is 5.91 Å². The molecule has 1 aliphatic rings. The van der Waals surface area contributed by atoms with Crippen molar-refractivity contribution >= 4 is 28.8 Å². The molecular formula is C12H17ClN2O2S. The van der Waals surface area contributed by atoms with E-state index >= 15 is 0 Å². The van der Waals surface area contributed by atoms with Gasteiger partial charge in [-0.3, -0.25) is 4.79 Å². The summed E-state index contributed by atoms with van der Waals surface area (Å²) in [5, 5.41) is 2.76. The van der Waals surface area contributed by atoms with Crippen LogP contribution in [0.15, 0.2) is 5.38 Å². The molecule has 0 N–H and O–H groups in total. The van der Waals surface area contributed by atoms with Crippen molar-refractivity contribution in [3.8, 4) is 0 Å². The van der Waals surface area contributed by atoms with Crippen molar-refractivity contribution in [1.29, 1.82) is 0 Å². The number of carbonyl (C=O) groups is 1. The Hall–Kier alpha value is -0.650. The minimum absolute atomic E-state index is 0.153. The lowest BCUT2D eigenvalue weighted by atomic mass is 10.1. The molecule has 1 saturated heterocycles. The van der Waals surface area contributed by atoms with Crippen LogP contribution in [0, 0.1) is 0 Å². The topological polar surface area (TPSA) is 42.4 Å². The second-order valence-electron chi connectivity index (χ2n) is 4.36. The summed E-state index contributed by atoms with van der Waals surface area (Å²) in [6, 6.07) is 0. The Morgan fingerprint density at radius 2 is 2.33 bits per heavy atom. The normalized spacial score (nSPS) is 17.1. The Labute approximate surface area is 116 Å². The minimum Gasteiger partial charge on any atom is -0.381 e. The van der Waals surface area contributed by atoms with Crippen molar-refractivity contribution in [2.75, 3.05) is 20.2 Å². The molecule has 6 heteroatoms. The molecule has 0 aromatic carbocycles. The molecule has 0 spiro atoms. The summed E-state index contributed by atoms with van der Waals surface area (Å²) < 4.78 is 5.29. The molecule has 1 fully saturated rings. The average molecular weight is 289 g/mol. The maximum atomic E-state index is 12.1. The maximum Gasteiger partial charge on any atom is 0.229 e. The zero-order chi connectivity index (χ0) is 13.0. The van der Waals surface area contributed by atoms with Crippen LogP contribution in [-0.4, -0.2) is 42.1 Å². The molecule has 2 heterocycles. The second-order valence-corrected chi connectivity index (χ2v) is 5.57. The van der Waals surface area contributed by atoms with E-state index in [4.69, 9.17) is 16.3 Å². The number of carbonyl (C=O) groups excluding carboxylic acids is 1. The van der Waals surface area contributed by atoms with E-state index in [-0.39, 0.29) is 5.91 Å². The predicted molar refractivity (Wildman–Crippen MR) is 72.0 cm³/mol. The molecule has 4 nitrogen and oxygen atoms in total. The maximum absolute atomic E-state index is 12.1. The third-order valence-electron chi connectivity index (χ3n) is 3.17. The zero-order valence-electron chi connectivity index (χ0n) is 10.4. The van der Waals surface area contributed by atoms with Crippen LogP contribution in [-0.2, 0) is 21.8 Å². The number of likely N-dealkylation sites (tertiary alicyclic amines) is 1. The van der Waals surface area contributed by atoms with E-state index in [1.54, 1.807) is 7.11 Å². The number of hydrogen-bond acceptors (Lipinski definition) is 4. The van der Waals surface area contributed by atoms with Crippen molar-refractivity contribution in [3.63, 3.8) is 0 Å². The van der Waals surface area contributed by atoms with Gasteiger partial charge in [-0.1, -0.05) is 0 Å². The third-order valence-corrected chi connectivity index (χ3v) is 4.34. The van der Waals surface area contributed by atoms with Crippen LogP contribution < -0.4 is 0 Å². The van der Waals surface area contributed by atoms with Crippen LogP contribution in [0.25, 0.3) is 0 Å². The highest BCUT2D eigenvalue weighted by Gasteiger charge is 2.23. The molecule has 0 unspecified atom stereocenters. The highest BCUT2D eigenvalue weighted by Crippen LogP contribution is 2.16. The molecule has 2 rings (SSSR count). The number of rotatable bonds is 4. The van der Waals surface area contributed by atoms with E-state index in [9.17, 15) is 4.79 Å². The summed E-state index contributed by atoms with van der Waals surface area (Å²) in [6.45, 7) is 1.57. The van der Waals surface area contributed by atoms with Gasteiger partial charge in [-0.05, 0) is 12.8 Å². The molecule has 18 heavy (non-hydrogen) atoms. The number of aromatic nitrogens is 1. The van der Waals surface area contributed by atoms with Crippen LogP contribution in [0.1, 0.15) is 23.5 Å². The molecule has 1 aliphatic heterocycles. The molecule has 0 saturated carbocycles. The number of halogens is 1.